The molecule has 2 heterocycles. The van der Waals surface area contributed by atoms with E-state index in [2.05, 4.69) is 23.7 Å². The molecule has 3 nitrogen and oxygen atoms in total. The van der Waals surface area contributed by atoms with Gasteiger partial charge in [0.1, 0.15) is 5.82 Å². The summed E-state index contributed by atoms with van der Waals surface area (Å²) in [5.41, 5.74) is 2.11. The molecule has 1 aromatic heterocycles. The summed E-state index contributed by atoms with van der Waals surface area (Å²) in [7, 11) is 0. The second-order valence-electron chi connectivity index (χ2n) is 6.41. The molecule has 116 valence electrons. The smallest absolute Gasteiger partial charge is 0.153 e. The predicted molar refractivity (Wildman–Crippen MR) is 86.9 cm³/mol. The number of carbonyl (C=O) groups excluding carboxylic acids is 1. The second kappa shape index (κ2) is 6.03. The Morgan fingerprint density at radius 3 is 2.68 bits per heavy atom. The van der Waals surface area contributed by atoms with Crippen LogP contribution in [0.1, 0.15) is 37.0 Å². The fraction of sp³-hybridized carbons (Fsp3) is 0.444. The molecule has 0 spiro atoms. The summed E-state index contributed by atoms with van der Waals surface area (Å²) in [6.07, 6.45) is 4.63. The summed E-state index contributed by atoms with van der Waals surface area (Å²) in [4.78, 5) is 17.9. The van der Waals surface area contributed by atoms with Crippen LogP contribution >= 0.6 is 0 Å². The van der Waals surface area contributed by atoms with E-state index in [0.717, 1.165) is 54.7 Å². The first-order valence-corrected chi connectivity index (χ1v) is 7.88. The van der Waals surface area contributed by atoms with E-state index < -0.39 is 0 Å². The fourth-order valence-electron chi connectivity index (χ4n) is 3.40. The molecule has 22 heavy (non-hydrogen) atoms. The lowest BCUT2D eigenvalue weighted by atomic mass is 9.86. The van der Waals surface area contributed by atoms with Crippen LogP contribution < -0.4 is 4.90 Å². The van der Waals surface area contributed by atoms with Gasteiger partial charge in [0, 0.05) is 24.7 Å². The highest BCUT2D eigenvalue weighted by molar-refractivity contribution is 6.00. The minimum atomic E-state index is -0.296. The van der Waals surface area contributed by atoms with Crippen LogP contribution in [0.25, 0.3) is 10.9 Å². The number of piperidine rings is 1. The Morgan fingerprint density at radius 1 is 1.32 bits per heavy atom. The van der Waals surface area contributed by atoms with Crippen molar-refractivity contribution in [1.82, 2.24) is 4.98 Å². The number of fused-ring (bicyclic) bond motifs is 1. The number of pyridine rings is 1. The normalized spacial score (nSPS) is 16.5. The maximum atomic E-state index is 13.7. The van der Waals surface area contributed by atoms with Gasteiger partial charge in [-0.05, 0) is 42.9 Å². The van der Waals surface area contributed by atoms with E-state index in [9.17, 15) is 9.18 Å². The predicted octanol–water partition coefficient (Wildman–Crippen LogP) is 4.06. The Hall–Kier alpha value is -1.97. The number of aldehydes is 1. The van der Waals surface area contributed by atoms with Gasteiger partial charge < -0.3 is 4.90 Å². The first-order chi connectivity index (χ1) is 10.6. The lowest BCUT2D eigenvalue weighted by Gasteiger charge is -2.36. The number of nitrogens with zero attached hydrogens (tertiary/aromatic N) is 2. The molecule has 1 aromatic carbocycles. The lowest BCUT2D eigenvalue weighted by Crippen LogP contribution is -2.36. The van der Waals surface area contributed by atoms with E-state index in [-0.39, 0.29) is 5.82 Å². The molecular formula is C18H21FN2O. The summed E-state index contributed by atoms with van der Waals surface area (Å²) in [6.45, 7) is 6.32. The SMILES string of the molecule is CC(C)C1CCN(c2c(C=O)cnc3ccc(F)cc23)CC1. The van der Waals surface area contributed by atoms with Crippen LogP contribution in [0.4, 0.5) is 10.1 Å². The van der Waals surface area contributed by atoms with Crippen molar-refractivity contribution in [2.24, 2.45) is 11.8 Å². The molecule has 0 aliphatic carbocycles. The second-order valence-corrected chi connectivity index (χ2v) is 6.41. The van der Waals surface area contributed by atoms with Gasteiger partial charge in [0.25, 0.3) is 0 Å². The molecule has 0 N–H and O–H groups in total. The molecule has 4 heteroatoms. The lowest BCUT2D eigenvalue weighted by molar-refractivity contribution is 0.112. The van der Waals surface area contributed by atoms with Crippen molar-refractivity contribution in [3.63, 3.8) is 0 Å². The summed E-state index contributed by atoms with van der Waals surface area (Å²) >= 11 is 0. The molecule has 0 saturated carbocycles. The molecule has 0 radical (unpaired) electrons. The van der Waals surface area contributed by atoms with Crippen molar-refractivity contribution in [2.75, 3.05) is 18.0 Å². The van der Waals surface area contributed by atoms with Gasteiger partial charge in [-0.2, -0.15) is 0 Å². The molecule has 2 aromatic rings. The van der Waals surface area contributed by atoms with Crippen LogP contribution in [0.15, 0.2) is 24.4 Å². The molecule has 1 fully saturated rings. The Bertz CT molecular complexity index is 691. The van der Waals surface area contributed by atoms with Crippen molar-refractivity contribution < 1.29 is 9.18 Å². The number of benzene rings is 1. The molecular weight excluding hydrogens is 279 g/mol. The molecule has 1 aliphatic rings. The van der Waals surface area contributed by atoms with Gasteiger partial charge in [-0.1, -0.05) is 13.8 Å². The zero-order chi connectivity index (χ0) is 15.7. The minimum absolute atomic E-state index is 0.296. The molecule has 0 atom stereocenters. The van der Waals surface area contributed by atoms with Crippen LogP contribution in [0.3, 0.4) is 0 Å². The Kier molecular flexibility index (Phi) is 4.10. The van der Waals surface area contributed by atoms with Crippen molar-refractivity contribution in [2.45, 2.75) is 26.7 Å². The number of anilines is 1. The molecule has 3 rings (SSSR count). The van der Waals surface area contributed by atoms with Crippen LogP contribution in [0.2, 0.25) is 0 Å². The zero-order valence-electron chi connectivity index (χ0n) is 13.1. The minimum Gasteiger partial charge on any atom is -0.370 e. The number of hydrogen-bond acceptors (Lipinski definition) is 3. The number of carbonyl (C=O) groups is 1. The zero-order valence-corrected chi connectivity index (χ0v) is 13.1. The van der Waals surface area contributed by atoms with Crippen molar-refractivity contribution in [3.05, 3.63) is 35.8 Å². The Balaban J connectivity index is 2.02. The third-order valence-corrected chi connectivity index (χ3v) is 4.76. The third kappa shape index (κ3) is 2.70. The maximum absolute atomic E-state index is 13.7. The molecule has 0 unspecified atom stereocenters. The third-order valence-electron chi connectivity index (χ3n) is 4.76. The quantitative estimate of drug-likeness (QED) is 0.801. The van der Waals surface area contributed by atoms with E-state index in [4.69, 9.17) is 0 Å². The maximum Gasteiger partial charge on any atom is 0.153 e. The van der Waals surface area contributed by atoms with Crippen LogP contribution in [0, 0.1) is 17.7 Å². The van der Waals surface area contributed by atoms with Gasteiger partial charge >= 0.3 is 0 Å². The summed E-state index contributed by atoms with van der Waals surface area (Å²) in [6, 6.07) is 4.56. The molecule has 1 aliphatic heterocycles. The number of halogens is 1. The van der Waals surface area contributed by atoms with Crippen LogP contribution in [-0.4, -0.2) is 24.4 Å². The average Bonchev–Trinajstić information content (AvgIpc) is 2.53. The van der Waals surface area contributed by atoms with Crippen molar-refractivity contribution in [1.29, 1.82) is 0 Å². The number of hydrogen-bond donors (Lipinski definition) is 0. The van der Waals surface area contributed by atoms with Gasteiger partial charge in [-0.25, -0.2) is 4.39 Å². The number of rotatable bonds is 3. The molecule has 0 amide bonds. The van der Waals surface area contributed by atoms with E-state index >= 15 is 0 Å². The Labute approximate surface area is 130 Å². The van der Waals surface area contributed by atoms with Crippen molar-refractivity contribution >= 4 is 22.9 Å². The van der Waals surface area contributed by atoms with E-state index in [0.29, 0.717) is 11.5 Å². The first-order valence-electron chi connectivity index (χ1n) is 7.88. The largest absolute Gasteiger partial charge is 0.370 e. The van der Waals surface area contributed by atoms with E-state index in [1.165, 1.54) is 12.1 Å². The monoisotopic (exact) mass is 300 g/mol. The average molecular weight is 300 g/mol. The number of aromatic nitrogens is 1. The Morgan fingerprint density at radius 2 is 2.05 bits per heavy atom. The van der Waals surface area contributed by atoms with Gasteiger partial charge in [0.2, 0.25) is 0 Å². The summed E-state index contributed by atoms with van der Waals surface area (Å²) in [5, 5.41) is 0.729. The summed E-state index contributed by atoms with van der Waals surface area (Å²) in [5.74, 6) is 1.11. The topological polar surface area (TPSA) is 33.2 Å². The highest BCUT2D eigenvalue weighted by Gasteiger charge is 2.24. The van der Waals surface area contributed by atoms with Crippen LogP contribution in [-0.2, 0) is 0 Å². The molecule has 1 saturated heterocycles. The van der Waals surface area contributed by atoms with Gasteiger partial charge in [-0.15, -0.1) is 0 Å². The van der Waals surface area contributed by atoms with E-state index in [1.54, 1.807) is 12.3 Å². The van der Waals surface area contributed by atoms with Crippen LogP contribution in [0.5, 0.6) is 0 Å². The highest BCUT2D eigenvalue weighted by Crippen LogP contribution is 2.34. The van der Waals surface area contributed by atoms with Gasteiger partial charge in [0.05, 0.1) is 16.8 Å². The van der Waals surface area contributed by atoms with Crippen molar-refractivity contribution in [3.8, 4) is 0 Å². The first kappa shape index (κ1) is 14.9. The van der Waals surface area contributed by atoms with E-state index in [1.807, 2.05) is 0 Å². The van der Waals surface area contributed by atoms with Gasteiger partial charge in [-0.3, -0.25) is 9.78 Å². The van der Waals surface area contributed by atoms with Gasteiger partial charge in [0.15, 0.2) is 6.29 Å². The summed E-state index contributed by atoms with van der Waals surface area (Å²) < 4.78 is 13.7. The standard InChI is InChI=1S/C18H21FN2O/c1-12(2)13-5-7-21(8-6-13)18-14(11-22)10-20-17-4-3-15(19)9-16(17)18/h3-4,9-13H,5-8H2,1-2H3. The highest BCUT2D eigenvalue weighted by atomic mass is 19.1. The molecule has 0 bridgehead atoms. The fourth-order valence-corrected chi connectivity index (χ4v) is 3.40.